The summed E-state index contributed by atoms with van der Waals surface area (Å²) in [5.41, 5.74) is 5.24. The number of H-pyrrole nitrogens is 1. The lowest BCUT2D eigenvalue weighted by molar-refractivity contribution is 0.122. The van der Waals surface area contributed by atoms with Crippen LogP contribution < -0.4 is 10.2 Å². The molecule has 0 atom stereocenters. The number of ether oxygens (including phenoxy) is 1. The molecule has 2 aromatic heterocycles. The zero-order valence-electron chi connectivity index (χ0n) is 14.8. The number of nitrogens with zero attached hydrogens (tertiary/aromatic N) is 4. The molecule has 5 rings (SSSR count). The molecule has 0 amide bonds. The molecule has 1 aromatic carbocycles. The average molecular weight is 350 g/mol. The molecule has 1 aliphatic carbocycles. The van der Waals surface area contributed by atoms with Crippen LogP contribution in [0.5, 0.6) is 0 Å². The molecule has 1 aliphatic heterocycles. The number of benzene rings is 1. The molecule has 134 valence electrons. The lowest BCUT2D eigenvalue weighted by atomic mass is 10.1. The van der Waals surface area contributed by atoms with Crippen molar-refractivity contribution in [2.24, 2.45) is 0 Å². The molecule has 1 saturated heterocycles. The summed E-state index contributed by atoms with van der Waals surface area (Å²) in [7, 11) is 0. The summed E-state index contributed by atoms with van der Waals surface area (Å²) in [5, 5.41) is 10.7. The fourth-order valence-electron chi connectivity index (χ4n) is 3.51. The monoisotopic (exact) mass is 350 g/mol. The number of fused-ring (bicyclic) bond motifs is 1. The largest absolute Gasteiger partial charge is 0.378 e. The lowest BCUT2D eigenvalue weighted by Gasteiger charge is -2.30. The summed E-state index contributed by atoms with van der Waals surface area (Å²) in [5.74, 6) is 2.22. The molecule has 7 heteroatoms. The summed E-state index contributed by atoms with van der Waals surface area (Å²) in [6, 6.07) is 6.36. The Labute approximate surface area is 151 Å². The normalized spacial score (nSPS) is 17.7. The van der Waals surface area contributed by atoms with E-state index in [1.165, 1.54) is 24.1 Å². The molecule has 26 heavy (non-hydrogen) atoms. The summed E-state index contributed by atoms with van der Waals surface area (Å²) >= 11 is 0. The van der Waals surface area contributed by atoms with Gasteiger partial charge in [-0.15, -0.1) is 0 Å². The Morgan fingerprint density at radius 1 is 1.19 bits per heavy atom. The molecular weight excluding hydrogens is 328 g/mol. The second-order valence-electron chi connectivity index (χ2n) is 7.01. The molecule has 3 heterocycles. The molecule has 2 N–H and O–H groups in total. The Balaban J connectivity index is 1.51. The Hall–Kier alpha value is -2.67. The van der Waals surface area contributed by atoms with Crippen molar-refractivity contribution in [1.29, 1.82) is 0 Å². The van der Waals surface area contributed by atoms with Gasteiger partial charge in [0, 0.05) is 30.4 Å². The highest BCUT2D eigenvalue weighted by Gasteiger charge is 2.28. The van der Waals surface area contributed by atoms with Crippen molar-refractivity contribution in [2.45, 2.75) is 25.7 Å². The first-order chi connectivity index (χ1) is 12.8. The van der Waals surface area contributed by atoms with Crippen LogP contribution in [0.3, 0.4) is 0 Å². The van der Waals surface area contributed by atoms with Crippen LogP contribution in [-0.2, 0) is 4.74 Å². The van der Waals surface area contributed by atoms with Gasteiger partial charge in [0.1, 0.15) is 16.9 Å². The minimum Gasteiger partial charge on any atom is -0.378 e. The average Bonchev–Trinajstić information content (AvgIpc) is 3.41. The van der Waals surface area contributed by atoms with Gasteiger partial charge in [0.25, 0.3) is 0 Å². The number of anilines is 3. The van der Waals surface area contributed by atoms with E-state index in [2.05, 4.69) is 50.5 Å². The van der Waals surface area contributed by atoms with Crippen LogP contribution in [0.4, 0.5) is 17.2 Å². The van der Waals surface area contributed by atoms with Crippen molar-refractivity contribution in [2.75, 3.05) is 36.5 Å². The third-order valence-corrected chi connectivity index (χ3v) is 5.17. The van der Waals surface area contributed by atoms with E-state index < -0.39 is 0 Å². The maximum absolute atomic E-state index is 5.48. The molecule has 3 aromatic rings. The summed E-state index contributed by atoms with van der Waals surface area (Å²) in [4.78, 5) is 11.8. The fraction of sp³-hybridized carbons (Fsp3) is 0.421. The molecule has 2 aliphatic rings. The highest BCUT2D eigenvalue weighted by Crippen LogP contribution is 2.39. The van der Waals surface area contributed by atoms with Crippen molar-refractivity contribution in [1.82, 2.24) is 20.2 Å². The zero-order valence-corrected chi connectivity index (χ0v) is 14.8. The maximum Gasteiger partial charge on any atom is 0.160 e. The van der Waals surface area contributed by atoms with E-state index in [0.29, 0.717) is 5.92 Å². The van der Waals surface area contributed by atoms with E-state index in [9.17, 15) is 0 Å². The maximum atomic E-state index is 5.48. The van der Waals surface area contributed by atoms with Crippen molar-refractivity contribution < 1.29 is 4.74 Å². The number of aromatic amines is 1. The summed E-state index contributed by atoms with van der Waals surface area (Å²) in [6.45, 7) is 5.56. The first kappa shape index (κ1) is 15.6. The van der Waals surface area contributed by atoms with Crippen LogP contribution in [0.1, 0.15) is 30.1 Å². The van der Waals surface area contributed by atoms with Gasteiger partial charge in [-0.05, 0) is 37.5 Å². The number of hydrogen-bond acceptors (Lipinski definition) is 6. The van der Waals surface area contributed by atoms with Gasteiger partial charge in [0.2, 0.25) is 0 Å². The molecular formula is C19H22N6O. The van der Waals surface area contributed by atoms with Crippen LogP contribution in [-0.4, -0.2) is 46.5 Å². The van der Waals surface area contributed by atoms with E-state index in [4.69, 9.17) is 9.72 Å². The van der Waals surface area contributed by atoms with Crippen molar-refractivity contribution in [3.8, 4) is 0 Å². The van der Waals surface area contributed by atoms with Crippen LogP contribution in [0, 0.1) is 6.92 Å². The standard InChI is InChI=1S/C19H22N6O/c1-12-14(3-2-4-16(12)25-7-9-26-10-8-25)21-19-17-15(11-20-24-17)22-18(23-19)13-5-6-13/h2-4,11,13H,5-10H2,1H3,(H,20,24)(H,21,22,23). The minimum absolute atomic E-state index is 0.496. The Morgan fingerprint density at radius 3 is 2.85 bits per heavy atom. The number of morpholine rings is 1. The summed E-state index contributed by atoms with van der Waals surface area (Å²) < 4.78 is 5.48. The van der Waals surface area contributed by atoms with E-state index in [-0.39, 0.29) is 0 Å². The Bertz CT molecular complexity index is 942. The van der Waals surface area contributed by atoms with Crippen molar-refractivity contribution >= 4 is 28.2 Å². The minimum atomic E-state index is 0.496. The highest BCUT2D eigenvalue weighted by molar-refractivity contribution is 5.87. The first-order valence-electron chi connectivity index (χ1n) is 9.20. The van der Waals surface area contributed by atoms with E-state index >= 15 is 0 Å². The molecule has 0 spiro atoms. The number of aromatic nitrogens is 4. The molecule has 0 unspecified atom stereocenters. The molecule has 0 radical (unpaired) electrons. The van der Waals surface area contributed by atoms with Crippen LogP contribution in [0.15, 0.2) is 24.4 Å². The van der Waals surface area contributed by atoms with Crippen molar-refractivity contribution in [3.05, 3.63) is 35.8 Å². The number of rotatable bonds is 4. The predicted molar refractivity (Wildman–Crippen MR) is 101 cm³/mol. The van der Waals surface area contributed by atoms with E-state index in [0.717, 1.165) is 54.7 Å². The number of nitrogens with one attached hydrogen (secondary N) is 2. The Morgan fingerprint density at radius 2 is 2.04 bits per heavy atom. The van der Waals surface area contributed by atoms with Gasteiger partial charge in [-0.1, -0.05) is 6.07 Å². The topological polar surface area (TPSA) is 79.0 Å². The van der Waals surface area contributed by atoms with Gasteiger partial charge in [-0.25, -0.2) is 9.97 Å². The zero-order chi connectivity index (χ0) is 17.5. The first-order valence-corrected chi connectivity index (χ1v) is 9.20. The summed E-state index contributed by atoms with van der Waals surface area (Å²) in [6.07, 6.45) is 4.12. The van der Waals surface area contributed by atoms with Gasteiger partial charge in [-0.2, -0.15) is 5.10 Å². The predicted octanol–water partition coefficient (Wildman–Crippen LogP) is 3.12. The molecule has 1 saturated carbocycles. The van der Waals surface area contributed by atoms with Crippen LogP contribution >= 0.6 is 0 Å². The fourth-order valence-corrected chi connectivity index (χ4v) is 3.51. The Kier molecular flexibility index (Phi) is 3.74. The second-order valence-corrected chi connectivity index (χ2v) is 7.01. The SMILES string of the molecule is Cc1c(Nc2nc(C3CC3)nc3cn[nH]c23)cccc1N1CCOCC1. The molecule has 0 bridgehead atoms. The quantitative estimate of drug-likeness (QED) is 0.753. The highest BCUT2D eigenvalue weighted by atomic mass is 16.5. The van der Waals surface area contributed by atoms with Crippen LogP contribution in [0.2, 0.25) is 0 Å². The molecule has 2 fully saturated rings. The molecule has 7 nitrogen and oxygen atoms in total. The number of hydrogen-bond donors (Lipinski definition) is 2. The lowest BCUT2D eigenvalue weighted by Crippen LogP contribution is -2.36. The third kappa shape index (κ3) is 2.78. The smallest absolute Gasteiger partial charge is 0.160 e. The van der Waals surface area contributed by atoms with Gasteiger partial charge in [0.05, 0.1) is 19.4 Å². The second kappa shape index (κ2) is 6.25. The van der Waals surface area contributed by atoms with Gasteiger partial charge < -0.3 is 15.0 Å². The third-order valence-electron chi connectivity index (χ3n) is 5.17. The van der Waals surface area contributed by atoms with E-state index in [1.54, 1.807) is 6.20 Å². The van der Waals surface area contributed by atoms with Gasteiger partial charge in [0.15, 0.2) is 5.82 Å². The van der Waals surface area contributed by atoms with Gasteiger partial charge in [-0.3, -0.25) is 5.10 Å². The van der Waals surface area contributed by atoms with Crippen molar-refractivity contribution in [3.63, 3.8) is 0 Å². The van der Waals surface area contributed by atoms with Gasteiger partial charge >= 0.3 is 0 Å². The van der Waals surface area contributed by atoms with Crippen LogP contribution in [0.25, 0.3) is 11.0 Å². The van der Waals surface area contributed by atoms with E-state index in [1.807, 2.05) is 0 Å².